The number of aliphatic hydroxyl groups excluding tert-OH is 1. The first-order chi connectivity index (χ1) is 21.6. The van der Waals surface area contributed by atoms with E-state index in [1.54, 1.807) is 9.80 Å². The molecule has 0 aromatic heterocycles. The number of benzene rings is 2. The van der Waals surface area contributed by atoms with Crippen LogP contribution in [-0.4, -0.2) is 72.7 Å². The monoisotopic (exact) mass is 633 g/mol. The molecule has 0 bridgehead atoms. The van der Waals surface area contributed by atoms with Crippen molar-refractivity contribution in [2.24, 2.45) is 5.92 Å². The van der Waals surface area contributed by atoms with Gasteiger partial charge >= 0.3 is 0 Å². The molecule has 4 aliphatic rings. The van der Waals surface area contributed by atoms with Crippen LogP contribution in [0.15, 0.2) is 48.5 Å². The molecule has 2 aromatic rings. The minimum absolute atomic E-state index is 0.0375. The standard InChI is InChI=1S/C35H47N3O6Si/c1-24-33(45(2,3)43)30(21-32(41)37-19-11-14-27(37)23-39)44-35(24)28-20-26(36-18-10-5-4-9-15-31(36)40)16-17-29(28)38(34(35)42)22-25-12-7-6-8-13-25/h6-8,12-13,16-17,20,24,27,30,33,39,43H,4-5,9-11,14-15,18-19,21-23H2,1-3H3/t24-,27+,30+,33-,35+/m1/s1. The number of fused-ring (bicyclic) bond motifs is 2. The lowest BCUT2D eigenvalue weighted by molar-refractivity contribution is -0.150. The third-order valence-corrected chi connectivity index (χ3v) is 13.1. The average Bonchev–Trinajstić information content (AvgIpc) is 3.66. The number of carbonyl (C=O) groups is 3. The predicted molar refractivity (Wildman–Crippen MR) is 175 cm³/mol. The summed E-state index contributed by atoms with van der Waals surface area (Å²) < 4.78 is 6.95. The number of anilines is 2. The highest BCUT2D eigenvalue weighted by molar-refractivity contribution is 6.71. The zero-order valence-electron chi connectivity index (χ0n) is 26.8. The number of amides is 3. The summed E-state index contributed by atoms with van der Waals surface area (Å²) in [5, 5.41) is 9.88. The zero-order chi connectivity index (χ0) is 31.9. The van der Waals surface area contributed by atoms with Crippen molar-refractivity contribution in [3.63, 3.8) is 0 Å². The first kappa shape index (κ1) is 31.9. The van der Waals surface area contributed by atoms with Gasteiger partial charge in [0, 0.05) is 42.2 Å². The highest BCUT2D eigenvalue weighted by Gasteiger charge is 2.66. The van der Waals surface area contributed by atoms with Gasteiger partial charge in [0.1, 0.15) is 0 Å². The van der Waals surface area contributed by atoms with Crippen LogP contribution in [0.5, 0.6) is 0 Å². The number of nitrogens with zero attached hydrogens (tertiary/aromatic N) is 3. The summed E-state index contributed by atoms with van der Waals surface area (Å²) in [7, 11) is -2.97. The second-order valence-corrected chi connectivity index (χ2v) is 17.9. The second kappa shape index (κ2) is 12.6. The largest absolute Gasteiger partial charge is 0.432 e. The number of carbonyl (C=O) groups excluding carboxylic acids is 3. The predicted octanol–water partition coefficient (Wildman–Crippen LogP) is 4.70. The van der Waals surface area contributed by atoms with Gasteiger partial charge in [-0.3, -0.25) is 14.4 Å². The lowest BCUT2D eigenvalue weighted by Crippen LogP contribution is -2.46. The Balaban J connectivity index is 1.43. The van der Waals surface area contributed by atoms with Gasteiger partial charge in [0.25, 0.3) is 5.91 Å². The highest BCUT2D eigenvalue weighted by Crippen LogP contribution is 2.60. The van der Waals surface area contributed by atoms with Crippen LogP contribution < -0.4 is 9.80 Å². The lowest BCUT2D eigenvalue weighted by atomic mass is 9.82. The van der Waals surface area contributed by atoms with Gasteiger partial charge in [0.2, 0.25) is 11.8 Å². The summed E-state index contributed by atoms with van der Waals surface area (Å²) in [5.41, 5.74) is 1.38. The van der Waals surface area contributed by atoms with Crippen LogP contribution in [0, 0.1) is 5.92 Å². The first-order valence-corrected chi connectivity index (χ1v) is 19.7. The van der Waals surface area contributed by atoms with E-state index in [1.807, 2.05) is 73.4 Å². The van der Waals surface area contributed by atoms with E-state index in [4.69, 9.17) is 4.74 Å². The topological polar surface area (TPSA) is 111 Å². The van der Waals surface area contributed by atoms with Crippen molar-refractivity contribution in [2.75, 3.05) is 29.5 Å². The molecule has 3 saturated heterocycles. The summed E-state index contributed by atoms with van der Waals surface area (Å²) in [5.74, 6) is -0.642. The molecule has 0 aliphatic carbocycles. The molecule has 3 fully saturated rings. The Morgan fingerprint density at radius 3 is 2.51 bits per heavy atom. The van der Waals surface area contributed by atoms with Crippen LogP contribution in [0.2, 0.25) is 18.6 Å². The number of ether oxygens (including phenoxy) is 1. The van der Waals surface area contributed by atoms with E-state index >= 15 is 0 Å². The molecule has 3 amide bonds. The van der Waals surface area contributed by atoms with E-state index in [-0.39, 0.29) is 36.8 Å². The summed E-state index contributed by atoms with van der Waals surface area (Å²) in [6, 6.07) is 15.5. The van der Waals surface area contributed by atoms with Crippen molar-refractivity contribution in [1.82, 2.24) is 4.90 Å². The fourth-order valence-corrected chi connectivity index (χ4v) is 11.0. The van der Waals surface area contributed by atoms with Gasteiger partial charge in [-0.25, -0.2) is 0 Å². The summed E-state index contributed by atoms with van der Waals surface area (Å²) in [6.07, 6.45) is 5.38. The molecular weight excluding hydrogens is 586 g/mol. The molecule has 1 spiro atoms. The van der Waals surface area contributed by atoms with Crippen LogP contribution in [0.25, 0.3) is 0 Å². The number of hydrogen-bond acceptors (Lipinski definition) is 6. The highest BCUT2D eigenvalue weighted by atomic mass is 28.4. The number of aliphatic hydroxyl groups is 1. The minimum Gasteiger partial charge on any atom is -0.432 e. The molecular formula is C35H47N3O6Si. The molecule has 6 rings (SSSR count). The number of rotatable bonds is 7. The van der Waals surface area contributed by atoms with Gasteiger partial charge in [0.05, 0.1) is 37.4 Å². The van der Waals surface area contributed by atoms with Crippen LogP contribution in [-0.2, 0) is 31.3 Å². The van der Waals surface area contributed by atoms with E-state index in [9.17, 15) is 24.3 Å². The van der Waals surface area contributed by atoms with Crippen LogP contribution in [0.1, 0.15) is 69.4 Å². The SMILES string of the molecule is C[C@@H]1[C@@H]([Si](C)(C)O)[C@H](CC(=O)N2CCC[C@H]2CO)O[C@@]12C(=O)N(Cc1ccccc1)c1ccc(N3CCCCCCC3=O)cc12. The fraction of sp³-hybridized carbons (Fsp3) is 0.571. The maximum atomic E-state index is 14.8. The molecule has 2 N–H and O–H groups in total. The number of hydrogen-bond donors (Lipinski definition) is 2. The Hall–Kier alpha value is -3.05. The third-order valence-electron chi connectivity index (χ3n) is 10.6. The Kier molecular flexibility index (Phi) is 8.95. The molecule has 4 heterocycles. The Labute approximate surface area is 267 Å². The summed E-state index contributed by atoms with van der Waals surface area (Å²) in [6.45, 7) is 7.18. The van der Waals surface area contributed by atoms with Crippen molar-refractivity contribution in [1.29, 1.82) is 0 Å². The third kappa shape index (κ3) is 5.75. The van der Waals surface area contributed by atoms with E-state index in [2.05, 4.69) is 0 Å². The van der Waals surface area contributed by atoms with Crippen LogP contribution >= 0.6 is 0 Å². The van der Waals surface area contributed by atoms with Crippen molar-refractivity contribution in [3.8, 4) is 0 Å². The first-order valence-electron chi connectivity index (χ1n) is 16.7. The average molecular weight is 634 g/mol. The van der Waals surface area contributed by atoms with Crippen molar-refractivity contribution in [2.45, 2.75) is 101 Å². The molecule has 242 valence electrons. The summed E-state index contributed by atoms with van der Waals surface area (Å²) >= 11 is 0. The fourth-order valence-electron chi connectivity index (χ4n) is 8.43. The minimum atomic E-state index is -2.97. The molecule has 9 nitrogen and oxygen atoms in total. The normalized spacial score (nSPS) is 29.0. The van der Waals surface area contributed by atoms with Crippen LogP contribution in [0.3, 0.4) is 0 Å². The molecule has 0 radical (unpaired) electrons. The van der Waals surface area contributed by atoms with E-state index in [0.29, 0.717) is 31.6 Å². The molecule has 0 saturated carbocycles. The van der Waals surface area contributed by atoms with Crippen molar-refractivity contribution < 1.29 is 29.0 Å². The van der Waals surface area contributed by atoms with E-state index < -0.39 is 31.5 Å². The molecule has 0 unspecified atom stereocenters. The molecule has 5 atom stereocenters. The summed E-state index contributed by atoms with van der Waals surface area (Å²) in [4.78, 5) is 58.8. The van der Waals surface area contributed by atoms with Crippen LogP contribution in [0.4, 0.5) is 11.4 Å². The Morgan fingerprint density at radius 1 is 1.02 bits per heavy atom. The van der Waals surface area contributed by atoms with E-state index in [1.165, 1.54) is 0 Å². The van der Waals surface area contributed by atoms with Crippen molar-refractivity contribution in [3.05, 3.63) is 59.7 Å². The van der Waals surface area contributed by atoms with E-state index in [0.717, 1.165) is 55.5 Å². The Bertz CT molecular complexity index is 1430. The van der Waals surface area contributed by atoms with Gasteiger partial charge in [-0.1, -0.05) is 50.1 Å². The molecule has 4 aliphatic heterocycles. The van der Waals surface area contributed by atoms with Gasteiger partial charge in [0.15, 0.2) is 13.9 Å². The van der Waals surface area contributed by atoms with Gasteiger partial charge < -0.3 is 29.3 Å². The number of likely N-dealkylation sites (tertiary alicyclic amines) is 1. The van der Waals surface area contributed by atoms with Gasteiger partial charge in [-0.05, 0) is 62.5 Å². The molecule has 2 aromatic carbocycles. The second-order valence-electron chi connectivity index (χ2n) is 13.9. The maximum absolute atomic E-state index is 14.8. The smallest absolute Gasteiger partial charge is 0.264 e. The Morgan fingerprint density at radius 2 is 1.78 bits per heavy atom. The van der Waals surface area contributed by atoms with Gasteiger partial charge in [-0.2, -0.15) is 0 Å². The quantitative estimate of drug-likeness (QED) is 0.428. The lowest BCUT2D eigenvalue weighted by Gasteiger charge is -2.33. The van der Waals surface area contributed by atoms with Crippen molar-refractivity contribution >= 4 is 37.4 Å². The van der Waals surface area contributed by atoms with Gasteiger partial charge in [-0.15, -0.1) is 0 Å². The molecule has 45 heavy (non-hydrogen) atoms. The maximum Gasteiger partial charge on any atom is 0.264 e. The molecule has 10 heteroatoms. The zero-order valence-corrected chi connectivity index (χ0v) is 27.8.